The summed E-state index contributed by atoms with van der Waals surface area (Å²) in [7, 11) is 0. The van der Waals surface area contributed by atoms with E-state index in [9.17, 15) is 9.90 Å². The number of hydrogen-bond donors (Lipinski definition) is 1. The van der Waals surface area contributed by atoms with Crippen molar-refractivity contribution < 1.29 is 9.90 Å². The van der Waals surface area contributed by atoms with Gasteiger partial charge in [0.1, 0.15) is 0 Å². The van der Waals surface area contributed by atoms with E-state index in [2.05, 4.69) is 22.9 Å². The molecule has 2 unspecified atom stereocenters. The molecule has 1 aromatic rings. The van der Waals surface area contributed by atoms with Crippen molar-refractivity contribution in [1.29, 1.82) is 0 Å². The third-order valence-corrected chi connectivity index (χ3v) is 6.19. The number of aliphatic hydroxyl groups is 1. The fourth-order valence-corrected chi connectivity index (χ4v) is 4.82. The van der Waals surface area contributed by atoms with E-state index >= 15 is 0 Å². The van der Waals surface area contributed by atoms with Crippen molar-refractivity contribution in [3.05, 3.63) is 39.9 Å². The first-order valence-corrected chi connectivity index (χ1v) is 8.89. The molecule has 22 heavy (non-hydrogen) atoms. The highest BCUT2D eigenvalue weighted by molar-refractivity contribution is 9.10. The van der Waals surface area contributed by atoms with E-state index in [-0.39, 0.29) is 23.2 Å². The summed E-state index contributed by atoms with van der Waals surface area (Å²) in [5, 5.41) is 10.5. The Balaban J connectivity index is 1.97. The average molecular weight is 363 g/mol. The molecule has 0 aliphatic heterocycles. The van der Waals surface area contributed by atoms with Gasteiger partial charge in [-0.1, -0.05) is 48.3 Å². The first kappa shape index (κ1) is 15.9. The van der Waals surface area contributed by atoms with Crippen LogP contribution < -0.4 is 0 Å². The number of hydrogen-bond acceptors (Lipinski definition) is 2. The predicted molar refractivity (Wildman–Crippen MR) is 92.4 cm³/mol. The number of fused-ring (bicyclic) bond motifs is 1. The molecule has 0 aromatic heterocycles. The molecule has 2 fully saturated rings. The molecule has 2 nitrogen and oxygen atoms in total. The fraction of sp³-hybridized carbons (Fsp3) is 0.526. The van der Waals surface area contributed by atoms with Crippen molar-refractivity contribution in [3.63, 3.8) is 0 Å². The maximum Gasteiger partial charge on any atom is 0.161 e. The second-order valence-electron chi connectivity index (χ2n) is 7.11. The Labute approximate surface area is 140 Å². The van der Waals surface area contributed by atoms with Crippen LogP contribution in [0.1, 0.15) is 45.1 Å². The minimum atomic E-state index is -0.298. The summed E-state index contributed by atoms with van der Waals surface area (Å²) in [6.45, 7) is 4.20. The summed E-state index contributed by atoms with van der Waals surface area (Å²) in [6.07, 6.45) is 5.35. The van der Waals surface area contributed by atoms with Gasteiger partial charge >= 0.3 is 0 Å². The summed E-state index contributed by atoms with van der Waals surface area (Å²) >= 11 is 3.48. The van der Waals surface area contributed by atoms with E-state index < -0.39 is 0 Å². The Morgan fingerprint density at radius 1 is 1.36 bits per heavy atom. The molecule has 0 saturated heterocycles. The van der Waals surface area contributed by atoms with Crippen LogP contribution in [0.25, 0.3) is 6.08 Å². The highest BCUT2D eigenvalue weighted by Crippen LogP contribution is 2.53. The number of Topliss-reactive ketones (excluding diaryl/α,β-unsaturated/α-hetero) is 1. The molecule has 2 aliphatic rings. The minimum absolute atomic E-state index is 0.00658. The SMILES string of the molecule is CC1C(=O)/C(=C\c2cccc(Br)c2)C[C@@]2(C)C1CCC[C@@H]2O. The Hall–Kier alpha value is -0.930. The van der Waals surface area contributed by atoms with Gasteiger partial charge in [0.2, 0.25) is 0 Å². The van der Waals surface area contributed by atoms with Gasteiger partial charge in [-0.3, -0.25) is 4.79 Å². The fourth-order valence-electron chi connectivity index (χ4n) is 4.40. The van der Waals surface area contributed by atoms with Crippen molar-refractivity contribution in [2.24, 2.45) is 17.3 Å². The molecular formula is C19H23BrO2. The van der Waals surface area contributed by atoms with Crippen LogP contribution in [-0.2, 0) is 4.79 Å². The van der Waals surface area contributed by atoms with E-state index in [4.69, 9.17) is 0 Å². The van der Waals surface area contributed by atoms with Crippen LogP contribution in [0.15, 0.2) is 34.3 Å². The molecule has 0 radical (unpaired) electrons. The van der Waals surface area contributed by atoms with E-state index in [1.54, 1.807) is 0 Å². The van der Waals surface area contributed by atoms with Crippen LogP contribution >= 0.6 is 15.9 Å². The summed E-state index contributed by atoms with van der Waals surface area (Å²) in [5.74, 6) is 0.576. The van der Waals surface area contributed by atoms with E-state index in [0.29, 0.717) is 12.3 Å². The maximum atomic E-state index is 12.8. The summed E-state index contributed by atoms with van der Waals surface area (Å²) in [6, 6.07) is 8.00. The van der Waals surface area contributed by atoms with Crippen molar-refractivity contribution in [2.45, 2.75) is 45.6 Å². The van der Waals surface area contributed by atoms with Crippen molar-refractivity contribution in [2.75, 3.05) is 0 Å². The van der Waals surface area contributed by atoms with Crippen LogP contribution in [-0.4, -0.2) is 17.0 Å². The molecule has 3 rings (SSSR count). The Morgan fingerprint density at radius 3 is 2.86 bits per heavy atom. The van der Waals surface area contributed by atoms with Crippen LogP contribution in [0.2, 0.25) is 0 Å². The molecule has 0 spiro atoms. The van der Waals surface area contributed by atoms with Gasteiger partial charge in [0.25, 0.3) is 0 Å². The number of carbonyl (C=O) groups excluding carboxylic acids is 1. The zero-order valence-corrected chi connectivity index (χ0v) is 14.8. The normalized spacial score (nSPS) is 37.2. The molecule has 4 atom stereocenters. The minimum Gasteiger partial charge on any atom is -0.393 e. The number of carbonyl (C=O) groups is 1. The van der Waals surface area contributed by atoms with Gasteiger partial charge in [-0.15, -0.1) is 0 Å². The number of halogens is 1. The summed E-state index contributed by atoms with van der Waals surface area (Å²) in [5.41, 5.74) is 1.74. The van der Waals surface area contributed by atoms with E-state index in [1.165, 1.54) is 0 Å². The molecule has 1 aromatic carbocycles. The van der Waals surface area contributed by atoms with Gasteiger partial charge in [0.05, 0.1) is 6.10 Å². The zero-order chi connectivity index (χ0) is 15.9. The molecule has 0 heterocycles. The molecule has 118 valence electrons. The van der Waals surface area contributed by atoms with Crippen LogP contribution in [0, 0.1) is 17.3 Å². The Morgan fingerprint density at radius 2 is 2.14 bits per heavy atom. The summed E-state index contributed by atoms with van der Waals surface area (Å²) in [4.78, 5) is 12.8. The summed E-state index contributed by atoms with van der Waals surface area (Å²) < 4.78 is 1.01. The third kappa shape index (κ3) is 2.69. The van der Waals surface area contributed by atoms with Crippen LogP contribution in [0.4, 0.5) is 0 Å². The van der Waals surface area contributed by atoms with Gasteiger partial charge in [-0.2, -0.15) is 0 Å². The monoisotopic (exact) mass is 362 g/mol. The number of ketones is 1. The van der Waals surface area contributed by atoms with Gasteiger partial charge in [0, 0.05) is 15.8 Å². The molecule has 0 amide bonds. The lowest BCUT2D eigenvalue weighted by molar-refractivity contribution is -0.133. The highest BCUT2D eigenvalue weighted by atomic mass is 79.9. The second-order valence-corrected chi connectivity index (χ2v) is 8.03. The van der Waals surface area contributed by atoms with Gasteiger partial charge in [0.15, 0.2) is 5.78 Å². The lowest BCUT2D eigenvalue weighted by atomic mass is 9.54. The highest BCUT2D eigenvalue weighted by Gasteiger charge is 2.51. The Bertz CT molecular complexity index is 622. The lowest BCUT2D eigenvalue weighted by Gasteiger charge is -2.51. The molecule has 3 heteroatoms. The van der Waals surface area contributed by atoms with Crippen molar-refractivity contribution in [1.82, 2.24) is 0 Å². The van der Waals surface area contributed by atoms with Gasteiger partial charge < -0.3 is 5.11 Å². The number of rotatable bonds is 1. The maximum absolute atomic E-state index is 12.8. The zero-order valence-electron chi connectivity index (χ0n) is 13.2. The van der Waals surface area contributed by atoms with E-state index in [0.717, 1.165) is 34.9 Å². The second kappa shape index (κ2) is 5.93. The topological polar surface area (TPSA) is 37.3 Å². The first-order chi connectivity index (χ1) is 10.4. The molecule has 2 saturated carbocycles. The molecule has 1 N–H and O–H groups in total. The van der Waals surface area contributed by atoms with Gasteiger partial charge in [-0.05, 0) is 54.5 Å². The quantitative estimate of drug-likeness (QED) is 0.740. The average Bonchev–Trinajstić information content (AvgIpc) is 2.47. The molecule has 2 aliphatic carbocycles. The Kier molecular flexibility index (Phi) is 4.30. The number of aliphatic hydroxyl groups excluding tert-OH is 1. The number of allylic oxidation sites excluding steroid dienone is 1. The van der Waals surface area contributed by atoms with Crippen molar-refractivity contribution in [3.8, 4) is 0 Å². The molecule has 0 bridgehead atoms. The largest absolute Gasteiger partial charge is 0.393 e. The smallest absolute Gasteiger partial charge is 0.161 e. The van der Waals surface area contributed by atoms with E-state index in [1.807, 2.05) is 37.3 Å². The predicted octanol–water partition coefficient (Wildman–Crippen LogP) is 4.61. The molecular weight excluding hydrogens is 340 g/mol. The number of benzene rings is 1. The van der Waals surface area contributed by atoms with Gasteiger partial charge in [-0.25, -0.2) is 0 Å². The standard InChI is InChI=1S/C19H23BrO2/c1-12-16-7-4-8-17(21)19(16,2)11-14(18(12)22)9-13-5-3-6-15(20)10-13/h3,5-6,9-10,12,16-17,21H,4,7-8,11H2,1-2H3/b14-9-/t12?,16?,17-,19-/m0/s1. The van der Waals surface area contributed by atoms with Crippen LogP contribution in [0.5, 0.6) is 0 Å². The van der Waals surface area contributed by atoms with Crippen LogP contribution in [0.3, 0.4) is 0 Å². The lowest BCUT2D eigenvalue weighted by Crippen LogP contribution is -2.51. The first-order valence-electron chi connectivity index (χ1n) is 8.10. The third-order valence-electron chi connectivity index (χ3n) is 5.70. The van der Waals surface area contributed by atoms with Crippen molar-refractivity contribution >= 4 is 27.8 Å².